The lowest BCUT2D eigenvalue weighted by Gasteiger charge is -2.37. The van der Waals surface area contributed by atoms with Crippen LogP contribution < -0.4 is 10.5 Å². The van der Waals surface area contributed by atoms with Crippen LogP contribution in [-0.4, -0.2) is 41.5 Å². The van der Waals surface area contributed by atoms with E-state index in [1.165, 1.54) is 4.31 Å². The number of aryl methyl sites for hydroxylation is 1. The van der Waals surface area contributed by atoms with E-state index in [2.05, 4.69) is 14.9 Å². The zero-order valence-electron chi connectivity index (χ0n) is 12.9. The van der Waals surface area contributed by atoms with Crippen LogP contribution in [0, 0.1) is 6.92 Å². The second-order valence-electron chi connectivity index (χ2n) is 6.55. The van der Waals surface area contributed by atoms with E-state index in [0.29, 0.717) is 37.6 Å². The Balaban J connectivity index is 2.06. The molecule has 21 heavy (non-hydrogen) atoms. The Kier molecular flexibility index (Phi) is 4.13. The molecule has 8 nitrogen and oxygen atoms in total. The molecule has 2 rings (SSSR count). The van der Waals surface area contributed by atoms with Crippen LogP contribution in [-0.2, 0) is 15.7 Å². The van der Waals surface area contributed by atoms with Gasteiger partial charge in [0.05, 0.1) is 5.54 Å². The molecule has 0 atom stereocenters. The van der Waals surface area contributed by atoms with Crippen molar-refractivity contribution < 1.29 is 12.9 Å². The maximum atomic E-state index is 12.3. The highest BCUT2D eigenvalue weighted by Gasteiger charge is 2.40. The maximum Gasteiger partial charge on any atom is 0.279 e. The van der Waals surface area contributed by atoms with Gasteiger partial charge < -0.3 is 10.3 Å². The highest BCUT2D eigenvalue weighted by molar-refractivity contribution is 7.87. The number of piperidine rings is 1. The van der Waals surface area contributed by atoms with Crippen molar-refractivity contribution in [3.05, 3.63) is 11.7 Å². The molecule has 1 aromatic heterocycles. The maximum absolute atomic E-state index is 12.3. The smallest absolute Gasteiger partial charge is 0.279 e. The van der Waals surface area contributed by atoms with Crippen molar-refractivity contribution in [1.29, 1.82) is 0 Å². The first kappa shape index (κ1) is 16.3. The summed E-state index contributed by atoms with van der Waals surface area (Å²) < 4.78 is 33.6. The normalized spacial score (nSPS) is 20.6. The van der Waals surface area contributed by atoms with Crippen LogP contribution in [0.15, 0.2) is 4.52 Å². The summed E-state index contributed by atoms with van der Waals surface area (Å²) in [5.74, 6) is 0.903. The Morgan fingerprint density at radius 2 is 1.90 bits per heavy atom. The number of nitrogens with one attached hydrogen (secondary N) is 1. The molecule has 1 aliphatic rings. The molecule has 0 saturated carbocycles. The molecule has 0 bridgehead atoms. The van der Waals surface area contributed by atoms with Crippen molar-refractivity contribution in [2.45, 2.75) is 51.6 Å². The van der Waals surface area contributed by atoms with E-state index in [9.17, 15) is 8.42 Å². The molecule has 9 heteroatoms. The van der Waals surface area contributed by atoms with Gasteiger partial charge in [-0.3, -0.25) is 0 Å². The van der Waals surface area contributed by atoms with Crippen LogP contribution in [0.4, 0.5) is 0 Å². The molecule has 1 saturated heterocycles. The predicted octanol–water partition coefficient (Wildman–Crippen LogP) is 0.261. The second kappa shape index (κ2) is 5.31. The average Bonchev–Trinajstić information content (AvgIpc) is 2.74. The SMILES string of the molecule is Cc1nc(C2(N)CCN(S(=O)(=O)NC(C)(C)C)CC2)no1. The summed E-state index contributed by atoms with van der Waals surface area (Å²) >= 11 is 0. The summed E-state index contributed by atoms with van der Waals surface area (Å²) in [5, 5.41) is 3.86. The van der Waals surface area contributed by atoms with E-state index in [4.69, 9.17) is 10.3 Å². The number of hydrogen-bond acceptors (Lipinski definition) is 6. The van der Waals surface area contributed by atoms with Crippen LogP contribution in [0.25, 0.3) is 0 Å². The second-order valence-corrected chi connectivity index (χ2v) is 8.22. The Morgan fingerprint density at radius 1 is 1.33 bits per heavy atom. The number of aromatic nitrogens is 2. The van der Waals surface area contributed by atoms with Gasteiger partial charge in [-0.15, -0.1) is 0 Å². The first-order chi connectivity index (χ1) is 9.52. The minimum Gasteiger partial charge on any atom is -0.340 e. The summed E-state index contributed by atoms with van der Waals surface area (Å²) in [6.07, 6.45) is 0.911. The zero-order chi connectivity index (χ0) is 15.9. The Hall–Kier alpha value is -1.03. The molecule has 3 N–H and O–H groups in total. The molecular formula is C12H23N5O3S. The molecule has 0 spiro atoms. The van der Waals surface area contributed by atoms with Crippen molar-refractivity contribution >= 4 is 10.2 Å². The topological polar surface area (TPSA) is 114 Å². The molecule has 1 fully saturated rings. The molecule has 0 amide bonds. The standard InChI is InChI=1S/C12H23N5O3S/c1-9-14-10(15-20-9)12(13)5-7-17(8-6-12)21(18,19)16-11(2,3)4/h16H,5-8,13H2,1-4H3. The fourth-order valence-corrected chi connectivity index (χ4v) is 3.87. The summed E-state index contributed by atoms with van der Waals surface area (Å²) in [6.45, 7) is 7.79. The van der Waals surface area contributed by atoms with E-state index >= 15 is 0 Å². The van der Waals surface area contributed by atoms with Gasteiger partial charge in [0.2, 0.25) is 5.89 Å². The quantitative estimate of drug-likeness (QED) is 0.826. The molecule has 1 aromatic rings. The van der Waals surface area contributed by atoms with Crippen LogP contribution in [0.1, 0.15) is 45.3 Å². The highest BCUT2D eigenvalue weighted by Crippen LogP contribution is 2.29. The molecule has 1 aliphatic heterocycles. The lowest BCUT2D eigenvalue weighted by atomic mass is 9.89. The van der Waals surface area contributed by atoms with Gasteiger partial charge >= 0.3 is 0 Å². The van der Waals surface area contributed by atoms with Gasteiger partial charge in [-0.2, -0.15) is 22.4 Å². The summed E-state index contributed by atoms with van der Waals surface area (Å²) in [6, 6.07) is 0. The first-order valence-corrected chi connectivity index (χ1v) is 8.35. The van der Waals surface area contributed by atoms with Gasteiger partial charge in [0.1, 0.15) is 0 Å². The zero-order valence-corrected chi connectivity index (χ0v) is 13.7. The third-order valence-corrected chi connectivity index (χ3v) is 5.28. The number of nitrogens with zero attached hydrogens (tertiary/aromatic N) is 3. The fourth-order valence-electron chi connectivity index (χ4n) is 2.30. The Morgan fingerprint density at radius 3 is 2.33 bits per heavy atom. The van der Waals surface area contributed by atoms with Gasteiger partial charge in [0, 0.05) is 25.6 Å². The van der Waals surface area contributed by atoms with Crippen molar-refractivity contribution in [3.63, 3.8) is 0 Å². The molecule has 0 aromatic carbocycles. The van der Waals surface area contributed by atoms with Gasteiger partial charge in [-0.1, -0.05) is 5.16 Å². The molecule has 0 unspecified atom stereocenters. The molecule has 2 heterocycles. The van der Waals surface area contributed by atoms with Gasteiger partial charge in [0.25, 0.3) is 10.2 Å². The van der Waals surface area contributed by atoms with Crippen LogP contribution in [0.5, 0.6) is 0 Å². The average molecular weight is 317 g/mol. The lowest BCUT2D eigenvalue weighted by molar-refractivity contribution is 0.219. The van der Waals surface area contributed by atoms with Crippen molar-refractivity contribution in [3.8, 4) is 0 Å². The molecular weight excluding hydrogens is 294 g/mol. The van der Waals surface area contributed by atoms with E-state index in [0.717, 1.165) is 0 Å². The largest absolute Gasteiger partial charge is 0.340 e. The van der Waals surface area contributed by atoms with Gasteiger partial charge in [0.15, 0.2) is 5.82 Å². The number of nitrogens with two attached hydrogens (primary N) is 1. The highest BCUT2D eigenvalue weighted by atomic mass is 32.2. The molecule has 0 radical (unpaired) electrons. The van der Waals surface area contributed by atoms with E-state index in [1.807, 2.05) is 20.8 Å². The third kappa shape index (κ3) is 3.79. The van der Waals surface area contributed by atoms with Crippen molar-refractivity contribution in [1.82, 2.24) is 19.2 Å². The number of rotatable bonds is 3. The molecule has 120 valence electrons. The fraction of sp³-hybridized carbons (Fsp3) is 0.833. The van der Waals surface area contributed by atoms with Crippen molar-refractivity contribution in [2.75, 3.05) is 13.1 Å². The summed E-state index contributed by atoms with van der Waals surface area (Å²) in [7, 11) is -3.50. The summed E-state index contributed by atoms with van der Waals surface area (Å²) in [4.78, 5) is 4.17. The van der Waals surface area contributed by atoms with Gasteiger partial charge in [-0.05, 0) is 33.6 Å². The number of hydrogen-bond donors (Lipinski definition) is 2. The van der Waals surface area contributed by atoms with Crippen molar-refractivity contribution in [2.24, 2.45) is 5.73 Å². The van der Waals surface area contributed by atoms with Crippen LogP contribution in [0.2, 0.25) is 0 Å². The molecule has 0 aliphatic carbocycles. The summed E-state index contributed by atoms with van der Waals surface area (Å²) in [5.41, 5.74) is 5.06. The van der Waals surface area contributed by atoms with E-state index in [-0.39, 0.29) is 0 Å². The predicted molar refractivity (Wildman–Crippen MR) is 77.5 cm³/mol. The Bertz CT molecular complexity index is 597. The first-order valence-electron chi connectivity index (χ1n) is 6.91. The van der Waals surface area contributed by atoms with Crippen LogP contribution in [0.3, 0.4) is 0 Å². The minimum atomic E-state index is -3.50. The van der Waals surface area contributed by atoms with E-state index in [1.54, 1.807) is 6.92 Å². The van der Waals surface area contributed by atoms with E-state index < -0.39 is 21.3 Å². The lowest BCUT2D eigenvalue weighted by Crippen LogP contribution is -2.55. The Labute approximate surface area is 125 Å². The minimum absolute atomic E-state index is 0.329. The van der Waals surface area contributed by atoms with Gasteiger partial charge in [-0.25, -0.2) is 0 Å². The monoisotopic (exact) mass is 317 g/mol. The third-order valence-electron chi connectivity index (χ3n) is 3.36. The van der Waals surface area contributed by atoms with Crippen LogP contribution >= 0.6 is 0 Å².